The van der Waals surface area contributed by atoms with E-state index >= 15 is 0 Å². The third-order valence-electron chi connectivity index (χ3n) is 4.63. The highest BCUT2D eigenvalue weighted by Crippen LogP contribution is 2.30. The molecule has 3 N–H and O–H groups in total. The average Bonchev–Trinajstić information content (AvgIpc) is 3.05. The van der Waals surface area contributed by atoms with Crippen LogP contribution in [-0.2, 0) is 14.8 Å². The number of alkyl halides is 3. The van der Waals surface area contributed by atoms with Crippen LogP contribution in [0.3, 0.4) is 0 Å². The number of piperidine rings is 1. The second-order valence-corrected chi connectivity index (χ2v) is 9.99. The Morgan fingerprint density at radius 3 is 2.63 bits per heavy atom. The third kappa shape index (κ3) is 6.13. The number of aliphatic carboxylic acids is 1. The Hall–Kier alpha value is -1.76. The van der Waals surface area contributed by atoms with Crippen molar-refractivity contribution in [3.8, 4) is 0 Å². The fourth-order valence-corrected chi connectivity index (χ4v) is 5.94. The molecule has 0 amide bonds. The van der Waals surface area contributed by atoms with Crippen LogP contribution in [0.15, 0.2) is 23.1 Å². The zero-order valence-corrected chi connectivity index (χ0v) is 18.0. The van der Waals surface area contributed by atoms with Crippen LogP contribution >= 0.6 is 11.3 Å². The van der Waals surface area contributed by atoms with E-state index in [0.29, 0.717) is 18.0 Å². The topological polar surface area (TPSA) is 114 Å². The summed E-state index contributed by atoms with van der Waals surface area (Å²) in [6, 6.07) is 5.34. The van der Waals surface area contributed by atoms with Crippen molar-refractivity contribution >= 4 is 37.5 Å². The van der Waals surface area contributed by atoms with Gasteiger partial charge in [0.1, 0.15) is 0 Å². The van der Waals surface area contributed by atoms with Gasteiger partial charge in [0.15, 0.2) is 0 Å². The number of carbonyl (C=O) groups is 1. The van der Waals surface area contributed by atoms with Gasteiger partial charge >= 0.3 is 12.1 Å². The lowest BCUT2D eigenvalue weighted by molar-refractivity contribution is -0.192. The molecule has 0 aliphatic carbocycles. The van der Waals surface area contributed by atoms with E-state index in [-0.39, 0.29) is 6.04 Å². The SMILES string of the molecule is Cc1nc2ccc(S(=O)(=O)N3CCCCC3CCCN)cc2s1.O=C(O)C(F)(F)F. The molecule has 0 saturated carbocycles. The molecule has 2 heterocycles. The van der Waals surface area contributed by atoms with Gasteiger partial charge in [-0.2, -0.15) is 17.5 Å². The fraction of sp³-hybridized carbons (Fsp3) is 0.556. The summed E-state index contributed by atoms with van der Waals surface area (Å²) in [5.74, 6) is -2.76. The van der Waals surface area contributed by atoms with Crippen molar-refractivity contribution in [3.05, 3.63) is 23.2 Å². The van der Waals surface area contributed by atoms with E-state index in [9.17, 15) is 21.6 Å². The highest BCUT2D eigenvalue weighted by Gasteiger charge is 2.38. The highest BCUT2D eigenvalue weighted by atomic mass is 32.2. The summed E-state index contributed by atoms with van der Waals surface area (Å²) < 4.78 is 60.5. The van der Waals surface area contributed by atoms with E-state index in [1.807, 2.05) is 13.0 Å². The minimum Gasteiger partial charge on any atom is -0.475 e. The van der Waals surface area contributed by atoms with Crippen molar-refractivity contribution in [2.45, 2.75) is 56.1 Å². The molecule has 1 fully saturated rings. The first-order valence-corrected chi connectivity index (χ1v) is 11.6. The van der Waals surface area contributed by atoms with Crippen LogP contribution in [0.1, 0.15) is 37.1 Å². The first-order valence-electron chi connectivity index (χ1n) is 9.36. The molecule has 1 aliphatic heterocycles. The van der Waals surface area contributed by atoms with E-state index < -0.39 is 22.2 Å². The van der Waals surface area contributed by atoms with Gasteiger partial charge in [-0.3, -0.25) is 0 Å². The Morgan fingerprint density at radius 1 is 1.37 bits per heavy atom. The first kappa shape index (κ1) is 24.5. The molecule has 1 aromatic heterocycles. The number of hydrogen-bond acceptors (Lipinski definition) is 6. The molecular weight excluding hydrogens is 443 g/mol. The molecule has 1 unspecified atom stereocenters. The average molecular weight is 468 g/mol. The zero-order chi connectivity index (χ0) is 22.5. The molecule has 168 valence electrons. The molecule has 0 spiro atoms. The second-order valence-electron chi connectivity index (χ2n) is 6.86. The van der Waals surface area contributed by atoms with Crippen molar-refractivity contribution in [1.82, 2.24) is 9.29 Å². The monoisotopic (exact) mass is 467 g/mol. The van der Waals surface area contributed by atoms with Gasteiger partial charge in [-0.15, -0.1) is 11.3 Å². The molecule has 0 bridgehead atoms. The normalized spacial score (nSPS) is 18.1. The largest absolute Gasteiger partial charge is 0.490 e. The number of nitrogens with zero attached hydrogens (tertiary/aromatic N) is 2. The van der Waals surface area contributed by atoms with Crippen LogP contribution in [0, 0.1) is 6.92 Å². The van der Waals surface area contributed by atoms with Gasteiger partial charge in [-0.1, -0.05) is 6.42 Å². The molecule has 1 atom stereocenters. The number of nitrogens with two attached hydrogens (primary N) is 1. The van der Waals surface area contributed by atoms with E-state index in [4.69, 9.17) is 15.6 Å². The van der Waals surface area contributed by atoms with Crippen LogP contribution < -0.4 is 5.73 Å². The summed E-state index contributed by atoms with van der Waals surface area (Å²) in [7, 11) is -3.45. The molecule has 2 aromatic rings. The molecule has 30 heavy (non-hydrogen) atoms. The van der Waals surface area contributed by atoms with E-state index in [2.05, 4.69) is 4.98 Å². The van der Waals surface area contributed by atoms with Crippen LogP contribution in [0.5, 0.6) is 0 Å². The number of benzene rings is 1. The standard InChI is InChI=1S/C16H23N3O2S2.C2HF3O2/c1-12-18-15-8-7-14(11-16(15)22-12)23(20,21)19-10-3-2-5-13(19)6-4-9-17;3-2(4,5)1(6)7/h7-8,11,13H,2-6,9-10,17H2,1H3;(H,6,7). The maximum atomic E-state index is 13.1. The number of rotatable bonds is 5. The predicted octanol–water partition coefficient (Wildman–Crippen LogP) is 3.52. The van der Waals surface area contributed by atoms with Crippen LogP contribution in [0.25, 0.3) is 10.2 Å². The lowest BCUT2D eigenvalue weighted by Crippen LogP contribution is -2.43. The number of aromatic nitrogens is 1. The number of thiazole rings is 1. The minimum absolute atomic E-state index is 0.0798. The molecule has 1 aliphatic rings. The predicted molar refractivity (Wildman–Crippen MR) is 108 cm³/mol. The van der Waals surface area contributed by atoms with Crippen molar-refractivity contribution in [1.29, 1.82) is 0 Å². The van der Waals surface area contributed by atoms with Crippen molar-refractivity contribution in [3.63, 3.8) is 0 Å². The first-order chi connectivity index (χ1) is 14.0. The number of sulfonamides is 1. The maximum absolute atomic E-state index is 13.1. The van der Waals surface area contributed by atoms with Crippen LogP contribution in [0.2, 0.25) is 0 Å². The van der Waals surface area contributed by atoms with Crippen LogP contribution in [-0.4, -0.2) is 54.1 Å². The Kier molecular flexibility index (Phi) is 8.20. The Labute approximate surface area is 176 Å². The van der Waals surface area contributed by atoms with Gasteiger partial charge < -0.3 is 10.8 Å². The van der Waals surface area contributed by atoms with E-state index in [1.54, 1.807) is 16.4 Å². The molecular formula is C18H24F3N3O4S2. The zero-order valence-electron chi connectivity index (χ0n) is 16.4. The smallest absolute Gasteiger partial charge is 0.475 e. The highest BCUT2D eigenvalue weighted by molar-refractivity contribution is 7.89. The Bertz CT molecular complexity index is 977. The number of fused-ring (bicyclic) bond motifs is 1. The quantitative estimate of drug-likeness (QED) is 0.696. The van der Waals surface area contributed by atoms with Gasteiger partial charge in [0, 0.05) is 12.6 Å². The van der Waals surface area contributed by atoms with Gasteiger partial charge in [0.05, 0.1) is 20.1 Å². The van der Waals surface area contributed by atoms with Crippen molar-refractivity contribution in [2.24, 2.45) is 5.73 Å². The second kappa shape index (κ2) is 10.0. The molecule has 0 radical (unpaired) electrons. The summed E-state index contributed by atoms with van der Waals surface area (Å²) in [6.45, 7) is 3.15. The summed E-state index contributed by atoms with van der Waals surface area (Å²) >= 11 is 1.53. The summed E-state index contributed by atoms with van der Waals surface area (Å²) in [6.07, 6.45) is -0.420. The summed E-state index contributed by atoms with van der Waals surface area (Å²) in [5.41, 5.74) is 6.47. The molecule has 3 rings (SSSR count). The number of carboxylic acid groups (broad SMARTS) is 1. The molecule has 1 saturated heterocycles. The van der Waals surface area contributed by atoms with Crippen molar-refractivity contribution < 1.29 is 31.5 Å². The van der Waals surface area contributed by atoms with Crippen molar-refractivity contribution in [2.75, 3.05) is 13.1 Å². The molecule has 12 heteroatoms. The number of halogens is 3. The van der Waals surface area contributed by atoms with Gasteiger partial charge in [-0.25, -0.2) is 18.2 Å². The molecule has 7 nitrogen and oxygen atoms in total. The lowest BCUT2D eigenvalue weighted by atomic mass is 10.0. The fourth-order valence-electron chi connectivity index (χ4n) is 3.25. The number of aryl methyl sites for hydroxylation is 1. The Morgan fingerprint density at radius 2 is 2.03 bits per heavy atom. The Balaban J connectivity index is 0.000000396. The number of carboxylic acids is 1. The van der Waals surface area contributed by atoms with Gasteiger partial charge in [0.2, 0.25) is 10.0 Å². The van der Waals surface area contributed by atoms with E-state index in [0.717, 1.165) is 47.3 Å². The minimum atomic E-state index is -5.08. The third-order valence-corrected chi connectivity index (χ3v) is 7.51. The molecule has 1 aromatic carbocycles. The van der Waals surface area contributed by atoms with Crippen LogP contribution in [0.4, 0.5) is 13.2 Å². The maximum Gasteiger partial charge on any atom is 0.490 e. The lowest BCUT2D eigenvalue weighted by Gasteiger charge is -2.34. The number of hydrogen-bond donors (Lipinski definition) is 2. The summed E-state index contributed by atoms with van der Waals surface area (Å²) in [5, 5.41) is 8.08. The van der Waals surface area contributed by atoms with Gasteiger partial charge in [-0.05, 0) is 57.4 Å². The summed E-state index contributed by atoms with van der Waals surface area (Å²) in [4.78, 5) is 13.7. The van der Waals surface area contributed by atoms with Gasteiger partial charge in [0.25, 0.3) is 0 Å². The van der Waals surface area contributed by atoms with E-state index in [1.165, 1.54) is 11.3 Å².